The van der Waals surface area contributed by atoms with Gasteiger partial charge in [-0.05, 0) is 37.5 Å². The van der Waals surface area contributed by atoms with Gasteiger partial charge in [0.1, 0.15) is 10.6 Å². The molecule has 2 aromatic carbocycles. The number of hydrogen-bond donors (Lipinski definition) is 1. The van der Waals surface area contributed by atoms with Crippen LogP contribution in [-0.2, 0) is 25.5 Å². The summed E-state index contributed by atoms with van der Waals surface area (Å²) < 4.78 is 11.4. The fraction of sp³-hybridized carbons (Fsp3) is 0.231. The Morgan fingerprint density at radius 3 is 2.54 bits per heavy atom. The second kappa shape index (κ2) is 11.7. The zero-order chi connectivity index (χ0) is 24.6. The summed E-state index contributed by atoms with van der Waals surface area (Å²) in [7, 11) is 0. The van der Waals surface area contributed by atoms with Crippen LogP contribution in [0.3, 0.4) is 0 Å². The van der Waals surface area contributed by atoms with Gasteiger partial charge in [-0.15, -0.1) is 22.7 Å². The number of aryl methyl sites for hydroxylation is 1. The predicted molar refractivity (Wildman–Crippen MR) is 138 cm³/mol. The average Bonchev–Trinajstić information content (AvgIpc) is 3.47. The average molecular weight is 509 g/mol. The van der Waals surface area contributed by atoms with E-state index in [4.69, 9.17) is 9.47 Å². The number of carbonyl (C=O) groups is 3. The number of carbonyl (C=O) groups excluding carboxylic acids is 3. The molecule has 0 fully saturated rings. The van der Waals surface area contributed by atoms with E-state index in [1.165, 1.54) is 11.3 Å². The number of aromatic nitrogens is 1. The summed E-state index contributed by atoms with van der Waals surface area (Å²) in [4.78, 5) is 41.7. The Hall–Kier alpha value is -3.56. The summed E-state index contributed by atoms with van der Waals surface area (Å²) >= 11 is 2.83. The molecule has 0 aliphatic heterocycles. The van der Waals surface area contributed by atoms with E-state index in [-0.39, 0.29) is 13.0 Å². The van der Waals surface area contributed by atoms with E-state index in [9.17, 15) is 14.4 Å². The van der Waals surface area contributed by atoms with Crippen molar-refractivity contribution in [1.29, 1.82) is 0 Å². The van der Waals surface area contributed by atoms with E-state index in [2.05, 4.69) is 10.3 Å². The molecule has 0 saturated heterocycles. The first-order valence-corrected chi connectivity index (χ1v) is 12.9. The number of thiophene rings is 1. The van der Waals surface area contributed by atoms with E-state index in [1.54, 1.807) is 23.6 Å². The summed E-state index contributed by atoms with van der Waals surface area (Å²) in [6.07, 6.45) is 1.44. The first-order chi connectivity index (χ1) is 17.0. The van der Waals surface area contributed by atoms with E-state index >= 15 is 0 Å². The molecule has 0 aliphatic rings. The number of rotatable bonds is 10. The number of nitrogens with zero attached hydrogens (tertiary/aromatic N) is 1. The molecule has 1 amide bonds. The molecular weight excluding hydrogens is 484 g/mol. The summed E-state index contributed by atoms with van der Waals surface area (Å²) in [6, 6.07) is 17.3. The Balaban J connectivity index is 1.30. The van der Waals surface area contributed by atoms with Crippen molar-refractivity contribution in [3.05, 3.63) is 70.5 Å². The minimum absolute atomic E-state index is 0.189. The Bertz CT molecular complexity index is 1300. The van der Waals surface area contributed by atoms with Crippen LogP contribution in [0.2, 0.25) is 0 Å². The molecule has 0 aliphatic carbocycles. The zero-order valence-corrected chi connectivity index (χ0v) is 20.7. The van der Waals surface area contributed by atoms with Gasteiger partial charge in [0.2, 0.25) is 0 Å². The molecule has 2 heterocycles. The van der Waals surface area contributed by atoms with Crippen molar-refractivity contribution >= 4 is 55.7 Å². The molecule has 9 heteroatoms. The fourth-order valence-corrected chi connectivity index (χ4v) is 5.46. The lowest BCUT2D eigenvalue weighted by molar-refractivity contribution is -0.147. The molecule has 1 N–H and O–H groups in total. The summed E-state index contributed by atoms with van der Waals surface area (Å²) in [5.74, 6) is -1.49. The first-order valence-electron chi connectivity index (χ1n) is 11.2. The van der Waals surface area contributed by atoms with Crippen molar-refractivity contribution < 1.29 is 23.9 Å². The van der Waals surface area contributed by atoms with E-state index in [1.807, 2.05) is 54.6 Å². The third-order valence-electron chi connectivity index (χ3n) is 5.08. The highest BCUT2D eigenvalue weighted by Gasteiger charge is 2.23. The van der Waals surface area contributed by atoms with E-state index in [0.29, 0.717) is 29.0 Å². The molecule has 35 heavy (non-hydrogen) atoms. The molecule has 0 unspecified atom stereocenters. The standard InChI is InChI=1S/C26H24N2O5S2/c1-2-32-26(31)24-18(17-9-4-3-5-10-17)16-34-25(24)28-21(29)15-33-23(30)14-8-13-22-27-19-11-6-7-12-20(19)35-22/h3-7,9-12,16H,2,8,13-15H2,1H3,(H,28,29). The van der Waals surface area contributed by atoms with Gasteiger partial charge < -0.3 is 14.8 Å². The zero-order valence-electron chi connectivity index (χ0n) is 19.1. The largest absolute Gasteiger partial charge is 0.462 e. The second-order valence-corrected chi connectivity index (χ2v) is 9.57. The van der Waals surface area contributed by atoms with Crippen molar-refractivity contribution in [2.75, 3.05) is 18.5 Å². The third-order valence-corrected chi connectivity index (χ3v) is 7.07. The van der Waals surface area contributed by atoms with Crippen LogP contribution >= 0.6 is 22.7 Å². The van der Waals surface area contributed by atoms with Crippen LogP contribution in [0.4, 0.5) is 5.00 Å². The molecule has 2 aromatic heterocycles. The highest BCUT2D eigenvalue weighted by Crippen LogP contribution is 2.36. The first kappa shape index (κ1) is 24.6. The van der Waals surface area contributed by atoms with Gasteiger partial charge in [0, 0.05) is 17.4 Å². The molecule has 180 valence electrons. The Labute approximate surface area is 210 Å². The summed E-state index contributed by atoms with van der Waals surface area (Å²) in [5.41, 5.74) is 2.76. The Morgan fingerprint density at radius 2 is 1.77 bits per heavy atom. The Kier molecular flexibility index (Phi) is 8.23. The van der Waals surface area contributed by atoms with E-state index < -0.39 is 24.5 Å². The molecule has 0 bridgehead atoms. The van der Waals surface area contributed by atoms with Crippen LogP contribution in [0.1, 0.15) is 35.1 Å². The van der Waals surface area contributed by atoms with Crippen LogP contribution in [0.5, 0.6) is 0 Å². The number of benzene rings is 2. The Morgan fingerprint density at radius 1 is 1.00 bits per heavy atom. The maximum atomic E-state index is 12.6. The second-order valence-electron chi connectivity index (χ2n) is 7.58. The van der Waals surface area contributed by atoms with Gasteiger partial charge in [-0.25, -0.2) is 9.78 Å². The van der Waals surface area contributed by atoms with Gasteiger partial charge >= 0.3 is 11.9 Å². The molecule has 0 spiro atoms. The van der Waals surface area contributed by atoms with Gasteiger partial charge in [-0.2, -0.15) is 0 Å². The van der Waals surface area contributed by atoms with E-state index in [0.717, 1.165) is 20.8 Å². The lowest BCUT2D eigenvalue weighted by atomic mass is 10.0. The van der Waals surface area contributed by atoms with Gasteiger partial charge in [0.25, 0.3) is 5.91 Å². The highest BCUT2D eigenvalue weighted by molar-refractivity contribution is 7.18. The number of esters is 2. The molecule has 4 aromatic rings. The van der Waals surface area contributed by atoms with Gasteiger partial charge in [-0.3, -0.25) is 9.59 Å². The monoisotopic (exact) mass is 508 g/mol. The highest BCUT2D eigenvalue weighted by atomic mass is 32.1. The molecule has 4 rings (SSSR count). The number of hydrogen-bond acceptors (Lipinski definition) is 8. The van der Waals surface area contributed by atoms with Crippen LogP contribution < -0.4 is 5.32 Å². The van der Waals surface area contributed by atoms with Crippen molar-refractivity contribution in [2.24, 2.45) is 0 Å². The number of ether oxygens (including phenoxy) is 2. The fourth-order valence-electron chi connectivity index (χ4n) is 3.48. The summed E-state index contributed by atoms with van der Waals surface area (Å²) in [5, 5.41) is 5.81. The lowest BCUT2D eigenvalue weighted by Gasteiger charge is -2.09. The maximum absolute atomic E-state index is 12.6. The summed E-state index contributed by atoms with van der Waals surface area (Å²) in [6.45, 7) is 1.51. The molecular formula is C26H24N2O5S2. The van der Waals surface area contributed by atoms with Crippen molar-refractivity contribution in [3.63, 3.8) is 0 Å². The third kappa shape index (κ3) is 6.32. The maximum Gasteiger partial charge on any atom is 0.341 e. The van der Waals surface area contributed by atoms with Crippen LogP contribution in [0.25, 0.3) is 21.3 Å². The van der Waals surface area contributed by atoms with Crippen LogP contribution in [0.15, 0.2) is 60.0 Å². The quantitative estimate of drug-likeness (QED) is 0.276. The van der Waals surface area contributed by atoms with Crippen LogP contribution in [-0.4, -0.2) is 36.0 Å². The molecule has 7 nitrogen and oxygen atoms in total. The lowest BCUT2D eigenvalue weighted by Crippen LogP contribution is -2.21. The van der Waals surface area contributed by atoms with Gasteiger partial charge in [0.05, 0.1) is 21.8 Å². The van der Waals surface area contributed by atoms with Crippen LogP contribution in [0, 0.1) is 0 Å². The molecule has 0 atom stereocenters. The number of thiazole rings is 1. The SMILES string of the molecule is CCOC(=O)c1c(-c2ccccc2)csc1NC(=O)COC(=O)CCCc1nc2ccccc2s1. The van der Waals surface area contributed by atoms with Gasteiger partial charge in [-0.1, -0.05) is 42.5 Å². The minimum Gasteiger partial charge on any atom is -0.462 e. The number of fused-ring (bicyclic) bond motifs is 1. The topological polar surface area (TPSA) is 94.6 Å². The molecule has 0 saturated carbocycles. The van der Waals surface area contributed by atoms with Crippen molar-refractivity contribution in [1.82, 2.24) is 4.98 Å². The molecule has 0 radical (unpaired) electrons. The number of para-hydroxylation sites is 1. The van der Waals surface area contributed by atoms with Crippen molar-refractivity contribution in [2.45, 2.75) is 26.2 Å². The number of nitrogens with one attached hydrogen (secondary N) is 1. The minimum atomic E-state index is -0.519. The van der Waals surface area contributed by atoms with Crippen molar-refractivity contribution in [3.8, 4) is 11.1 Å². The predicted octanol–water partition coefficient (Wildman–Crippen LogP) is 5.71. The normalized spacial score (nSPS) is 10.8. The van der Waals surface area contributed by atoms with Gasteiger partial charge in [0.15, 0.2) is 6.61 Å². The number of anilines is 1. The number of amides is 1. The smallest absolute Gasteiger partial charge is 0.341 e.